The lowest BCUT2D eigenvalue weighted by atomic mass is 9.93. The second-order valence-corrected chi connectivity index (χ2v) is 8.36. The Morgan fingerprint density at radius 1 is 0.886 bits per heavy atom. The summed E-state index contributed by atoms with van der Waals surface area (Å²) in [6.07, 6.45) is -1.65. The fourth-order valence-electron chi connectivity index (χ4n) is 4.18. The first-order chi connectivity index (χ1) is 16.6. The Kier molecular flexibility index (Phi) is 6.26. The van der Waals surface area contributed by atoms with Crippen LogP contribution in [0, 0.1) is 13.8 Å². The molecule has 0 saturated heterocycles. The van der Waals surface area contributed by atoms with Gasteiger partial charge < -0.3 is 39.4 Å². The van der Waals surface area contributed by atoms with Gasteiger partial charge in [0.2, 0.25) is 0 Å². The molecule has 3 aromatic rings. The molecule has 1 heterocycles. The number of benzene rings is 3. The van der Waals surface area contributed by atoms with E-state index >= 15 is 0 Å². The van der Waals surface area contributed by atoms with Crippen LogP contribution in [0.1, 0.15) is 38.7 Å². The molecule has 1 aliphatic heterocycles. The molecule has 0 bridgehead atoms. The van der Waals surface area contributed by atoms with Crippen LogP contribution in [0.5, 0.6) is 40.2 Å². The van der Waals surface area contributed by atoms with Gasteiger partial charge in [-0.3, -0.25) is 0 Å². The van der Waals surface area contributed by atoms with Gasteiger partial charge in [0, 0.05) is 29.7 Å². The predicted molar refractivity (Wildman–Crippen MR) is 125 cm³/mol. The first-order valence-electron chi connectivity index (χ1n) is 10.8. The normalized spacial score (nSPS) is 16.7. The minimum absolute atomic E-state index is 0.100. The third-order valence-corrected chi connectivity index (χ3v) is 6.00. The van der Waals surface area contributed by atoms with Crippen molar-refractivity contribution in [1.82, 2.24) is 0 Å². The van der Waals surface area contributed by atoms with Gasteiger partial charge in [-0.2, -0.15) is 0 Å². The molecule has 0 amide bonds. The number of aromatic hydroxyl groups is 4. The van der Waals surface area contributed by atoms with Crippen molar-refractivity contribution in [3.8, 4) is 40.2 Å². The number of esters is 1. The maximum atomic E-state index is 13.1. The van der Waals surface area contributed by atoms with E-state index in [1.54, 1.807) is 26.0 Å². The number of phenolic OH excluding ortho intramolecular Hbond substituents is 4. The van der Waals surface area contributed by atoms with Crippen molar-refractivity contribution in [3.63, 3.8) is 0 Å². The van der Waals surface area contributed by atoms with Crippen LogP contribution in [0.2, 0.25) is 0 Å². The van der Waals surface area contributed by atoms with Crippen molar-refractivity contribution in [2.75, 3.05) is 14.2 Å². The summed E-state index contributed by atoms with van der Waals surface area (Å²) in [5.41, 5.74) is 2.23. The fourth-order valence-corrected chi connectivity index (χ4v) is 4.18. The van der Waals surface area contributed by atoms with E-state index in [4.69, 9.17) is 18.9 Å². The Hall–Kier alpha value is -4.27. The molecular weight excluding hydrogens is 456 g/mol. The first kappa shape index (κ1) is 23.9. The quantitative estimate of drug-likeness (QED) is 0.314. The zero-order valence-electron chi connectivity index (χ0n) is 19.7. The molecule has 2 unspecified atom stereocenters. The topological polar surface area (TPSA) is 135 Å². The monoisotopic (exact) mass is 482 g/mol. The van der Waals surface area contributed by atoms with Crippen LogP contribution in [-0.4, -0.2) is 46.7 Å². The first-order valence-corrected chi connectivity index (χ1v) is 10.8. The van der Waals surface area contributed by atoms with Crippen LogP contribution >= 0.6 is 0 Å². The van der Waals surface area contributed by atoms with E-state index in [0.29, 0.717) is 33.9 Å². The van der Waals surface area contributed by atoms with Gasteiger partial charge in [0.15, 0.2) is 23.4 Å². The van der Waals surface area contributed by atoms with Gasteiger partial charge in [-0.15, -0.1) is 0 Å². The molecule has 0 aromatic heterocycles. The van der Waals surface area contributed by atoms with Crippen LogP contribution in [0.3, 0.4) is 0 Å². The maximum absolute atomic E-state index is 13.1. The molecule has 1 aliphatic rings. The van der Waals surface area contributed by atoms with Crippen molar-refractivity contribution >= 4 is 5.97 Å². The molecule has 9 heteroatoms. The number of phenols is 4. The summed E-state index contributed by atoms with van der Waals surface area (Å²) in [4.78, 5) is 13.1. The van der Waals surface area contributed by atoms with E-state index in [0.717, 1.165) is 0 Å². The molecule has 9 nitrogen and oxygen atoms in total. The van der Waals surface area contributed by atoms with Crippen molar-refractivity contribution in [3.05, 3.63) is 64.2 Å². The van der Waals surface area contributed by atoms with E-state index in [-0.39, 0.29) is 23.3 Å². The third-order valence-electron chi connectivity index (χ3n) is 6.00. The highest BCUT2D eigenvalue weighted by molar-refractivity contribution is 5.90. The molecule has 3 aromatic carbocycles. The molecule has 0 radical (unpaired) electrons. The summed E-state index contributed by atoms with van der Waals surface area (Å²) in [5, 5.41) is 40.0. The SMILES string of the molecule is COc1cc(OC)c2c(c1)OC(c1cc(O)c(O)c(O)c1)C(OC(=O)c1cc(C)c(O)c(C)c1)C2. The summed E-state index contributed by atoms with van der Waals surface area (Å²) < 4.78 is 22.9. The molecule has 0 spiro atoms. The standard InChI is InChI=1S/C26H26O9/c1-12-5-15(6-13(2)23(12)29)26(31)35-22-11-17-20(33-4)9-16(32-3)10-21(17)34-25(22)14-7-18(27)24(30)19(28)8-14/h5-10,22,25,27-30H,11H2,1-4H3. The highest BCUT2D eigenvalue weighted by atomic mass is 16.6. The van der Waals surface area contributed by atoms with E-state index < -0.39 is 35.4 Å². The second-order valence-electron chi connectivity index (χ2n) is 8.36. The minimum Gasteiger partial charge on any atom is -0.507 e. The largest absolute Gasteiger partial charge is 0.507 e. The van der Waals surface area contributed by atoms with Crippen molar-refractivity contribution in [2.24, 2.45) is 0 Å². The average Bonchev–Trinajstić information content (AvgIpc) is 2.84. The van der Waals surface area contributed by atoms with E-state index in [1.807, 2.05) is 0 Å². The Morgan fingerprint density at radius 2 is 1.51 bits per heavy atom. The smallest absolute Gasteiger partial charge is 0.338 e. The summed E-state index contributed by atoms with van der Waals surface area (Å²) in [5.74, 6) is -0.924. The van der Waals surface area contributed by atoms with E-state index in [2.05, 4.69) is 0 Å². The maximum Gasteiger partial charge on any atom is 0.338 e. The Bertz CT molecular complexity index is 1250. The zero-order chi connectivity index (χ0) is 25.4. The average molecular weight is 482 g/mol. The predicted octanol–water partition coefficient (Wildman–Crippen LogP) is 4.04. The fraction of sp³-hybridized carbons (Fsp3) is 0.269. The highest BCUT2D eigenvalue weighted by Crippen LogP contribution is 2.46. The molecule has 35 heavy (non-hydrogen) atoms. The Labute approximate surface area is 201 Å². The summed E-state index contributed by atoms with van der Waals surface area (Å²) in [6.45, 7) is 3.37. The lowest BCUT2D eigenvalue weighted by Crippen LogP contribution is -2.35. The molecule has 0 saturated carbocycles. The van der Waals surface area contributed by atoms with Gasteiger partial charge in [0.05, 0.1) is 19.8 Å². The second kappa shape index (κ2) is 9.17. The van der Waals surface area contributed by atoms with E-state index in [1.165, 1.54) is 38.5 Å². The lowest BCUT2D eigenvalue weighted by molar-refractivity contribution is -0.0188. The summed E-state index contributed by atoms with van der Waals surface area (Å²) >= 11 is 0. The van der Waals surface area contributed by atoms with Crippen molar-refractivity contribution in [2.45, 2.75) is 32.5 Å². The Balaban J connectivity index is 1.77. The summed E-state index contributed by atoms with van der Waals surface area (Å²) in [6, 6.07) is 8.87. The van der Waals surface area contributed by atoms with Crippen LogP contribution in [0.15, 0.2) is 36.4 Å². The van der Waals surface area contributed by atoms with Gasteiger partial charge in [0.1, 0.15) is 29.1 Å². The summed E-state index contributed by atoms with van der Waals surface area (Å²) in [7, 11) is 3.00. The van der Waals surface area contributed by atoms with Crippen LogP contribution in [-0.2, 0) is 11.2 Å². The molecule has 0 aliphatic carbocycles. The van der Waals surface area contributed by atoms with Crippen molar-refractivity contribution < 1.29 is 44.2 Å². The van der Waals surface area contributed by atoms with Crippen LogP contribution < -0.4 is 14.2 Å². The Morgan fingerprint density at radius 3 is 2.09 bits per heavy atom. The van der Waals surface area contributed by atoms with Crippen molar-refractivity contribution in [1.29, 1.82) is 0 Å². The van der Waals surface area contributed by atoms with Crippen LogP contribution in [0.25, 0.3) is 0 Å². The number of rotatable bonds is 5. The van der Waals surface area contributed by atoms with Gasteiger partial charge in [-0.25, -0.2) is 4.79 Å². The number of methoxy groups -OCH3 is 2. The molecular formula is C26H26O9. The molecule has 4 rings (SSSR count). The third kappa shape index (κ3) is 4.44. The minimum atomic E-state index is -0.944. The zero-order valence-corrected chi connectivity index (χ0v) is 19.7. The number of aryl methyl sites for hydroxylation is 2. The number of hydrogen-bond donors (Lipinski definition) is 4. The van der Waals surface area contributed by atoms with E-state index in [9.17, 15) is 25.2 Å². The number of hydrogen-bond acceptors (Lipinski definition) is 9. The molecule has 0 fully saturated rings. The number of carbonyl (C=O) groups is 1. The number of ether oxygens (including phenoxy) is 4. The van der Waals surface area contributed by atoms with Crippen LogP contribution in [0.4, 0.5) is 0 Å². The highest BCUT2D eigenvalue weighted by Gasteiger charge is 2.37. The number of fused-ring (bicyclic) bond motifs is 1. The molecule has 184 valence electrons. The number of carbonyl (C=O) groups excluding carboxylic acids is 1. The molecule has 2 atom stereocenters. The van der Waals surface area contributed by atoms with Gasteiger partial charge >= 0.3 is 5.97 Å². The van der Waals surface area contributed by atoms with Gasteiger partial charge in [0.25, 0.3) is 0 Å². The van der Waals surface area contributed by atoms with Gasteiger partial charge in [-0.1, -0.05) is 0 Å². The lowest BCUT2D eigenvalue weighted by Gasteiger charge is -2.34. The molecule has 4 N–H and O–H groups in total. The van der Waals surface area contributed by atoms with Gasteiger partial charge in [-0.05, 0) is 49.2 Å².